The molecule has 6 nitrogen and oxygen atoms in total. The molecule has 6 heteroatoms. The molecule has 0 amide bonds. The third-order valence-corrected chi connectivity index (χ3v) is 6.65. The zero-order valence-corrected chi connectivity index (χ0v) is 16.8. The Hall–Kier alpha value is -2.83. The van der Waals surface area contributed by atoms with E-state index in [4.69, 9.17) is 4.74 Å². The number of fused-ring (bicyclic) bond motifs is 1. The number of carbonyl (C=O) groups is 1. The molecule has 1 unspecified atom stereocenters. The van der Waals surface area contributed by atoms with Crippen molar-refractivity contribution in [2.75, 3.05) is 26.3 Å². The summed E-state index contributed by atoms with van der Waals surface area (Å²) < 4.78 is 5.49. The minimum atomic E-state index is -0.693. The summed E-state index contributed by atoms with van der Waals surface area (Å²) >= 11 is 0. The van der Waals surface area contributed by atoms with Gasteiger partial charge in [-0.05, 0) is 23.6 Å². The molecule has 0 saturated carbocycles. The second-order valence-corrected chi connectivity index (χ2v) is 8.48. The Bertz CT molecular complexity index is 1060. The van der Waals surface area contributed by atoms with E-state index in [-0.39, 0.29) is 11.3 Å². The summed E-state index contributed by atoms with van der Waals surface area (Å²) in [4.78, 5) is 23.4. The molecule has 3 heterocycles. The van der Waals surface area contributed by atoms with E-state index in [0.717, 1.165) is 35.9 Å². The smallest absolute Gasteiger partial charge is 0.308 e. The number of nitrogens with zero attached hydrogens (tertiary/aromatic N) is 3. The van der Waals surface area contributed by atoms with Gasteiger partial charge in [-0.1, -0.05) is 42.5 Å². The van der Waals surface area contributed by atoms with Crippen molar-refractivity contribution in [2.24, 2.45) is 11.3 Å². The first-order valence-electron chi connectivity index (χ1n) is 10.5. The van der Waals surface area contributed by atoms with Crippen molar-refractivity contribution in [3.05, 3.63) is 60.4 Å². The maximum absolute atomic E-state index is 11.9. The summed E-state index contributed by atoms with van der Waals surface area (Å²) in [5.41, 5.74) is 1.86. The van der Waals surface area contributed by atoms with Crippen LogP contribution in [0.1, 0.15) is 18.4 Å². The molecule has 154 valence electrons. The summed E-state index contributed by atoms with van der Waals surface area (Å²) in [6.45, 7) is 3.34. The summed E-state index contributed by atoms with van der Waals surface area (Å²) in [7, 11) is 0. The van der Waals surface area contributed by atoms with Crippen LogP contribution in [-0.2, 0) is 16.1 Å². The average Bonchev–Trinajstić information content (AvgIpc) is 3.11. The fourth-order valence-corrected chi connectivity index (χ4v) is 5.07. The van der Waals surface area contributed by atoms with Crippen LogP contribution < -0.4 is 0 Å². The predicted molar refractivity (Wildman–Crippen MR) is 114 cm³/mol. The first-order valence-corrected chi connectivity index (χ1v) is 10.5. The third-order valence-electron chi connectivity index (χ3n) is 6.65. The summed E-state index contributed by atoms with van der Waals surface area (Å²) in [5.74, 6) is -0.319. The molecule has 1 aromatic heterocycles. The largest absolute Gasteiger partial charge is 0.481 e. The van der Waals surface area contributed by atoms with Gasteiger partial charge in [0.1, 0.15) is 0 Å². The van der Waals surface area contributed by atoms with Crippen LogP contribution in [0.25, 0.3) is 22.2 Å². The van der Waals surface area contributed by atoms with Gasteiger partial charge in [0.05, 0.1) is 5.92 Å². The van der Waals surface area contributed by atoms with Crippen LogP contribution in [0.3, 0.4) is 0 Å². The van der Waals surface area contributed by atoms with E-state index < -0.39 is 5.97 Å². The van der Waals surface area contributed by atoms with Crippen LogP contribution in [0.2, 0.25) is 0 Å². The van der Waals surface area contributed by atoms with Crippen molar-refractivity contribution >= 4 is 16.7 Å². The maximum atomic E-state index is 11.9. The average molecular weight is 403 g/mol. The molecule has 2 aromatic carbocycles. The Morgan fingerprint density at radius 1 is 1.10 bits per heavy atom. The van der Waals surface area contributed by atoms with Crippen LogP contribution in [0.15, 0.2) is 54.9 Å². The number of rotatable bonds is 4. The molecule has 30 heavy (non-hydrogen) atoms. The fraction of sp³-hybridized carbons (Fsp3) is 0.375. The number of ether oxygens (including phenoxy) is 1. The van der Waals surface area contributed by atoms with Crippen molar-refractivity contribution < 1.29 is 14.6 Å². The molecule has 1 atom stereocenters. The van der Waals surface area contributed by atoms with E-state index in [2.05, 4.69) is 33.1 Å². The second kappa shape index (κ2) is 7.78. The lowest BCUT2D eigenvalue weighted by molar-refractivity contribution is -0.147. The number of likely N-dealkylation sites (tertiary alicyclic amines) is 1. The van der Waals surface area contributed by atoms with Crippen LogP contribution in [0.5, 0.6) is 0 Å². The molecule has 5 rings (SSSR count). The minimum Gasteiger partial charge on any atom is -0.481 e. The number of carboxylic acid groups (broad SMARTS) is 1. The molecule has 2 aliphatic rings. The summed E-state index contributed by atoms with van der Waals surface area (Å²) in [6, 6.07) is 14.4. The summed E-state index contributed by atoms with van der Waals surface area (Å²) in [6.07, 6.45) is 5.37. The fourth-order valence-electron chi connectivity index (χ4n) is 5.07. The Balaban J connectivity index is 1.35. The second-order valence-electron chi connectivity index (χ2n) is 8.48. The van der Waals surface area contributed by atoms with Gasteiger partial charge in [-0.3, -0.25) is 9.69 Å². The van der Waals surface area contributed by atoms with E-state index in [1.54, 1.807) is 0 Å². The normalized spacial score (nSPS) is 21.3. The molecule has 2 aliphatic heterocycles. The molecule has 0 radical (unpaired) electrons. The molecule has 0 bridgehead atoms. The van der Waals surface area contributed by atoms with Crippen molar-refractivity contribution in [1.29, 1.82) is 0 Å². The lowest BCUT2D eigenvalue weighted by Gasteiger charge is -2.36. The maximum Gasteiger partial charge on any atom is 0.308 e. The van der Waals surface area contributed by atoms with E-state index in [0.29, 0.717) is 32.1 Å². The SMILES string of the molecule is O=C(O)C1CN(Cc2cnc(-c3cccc4ccccc34)nc2)CC12CCOCC2. The molecule has 3 aromatic rings. The highest BCUT2D eigenvalue weighted by Crippen LogP contribution is 2.44. The Kier molecular flexibility index (Phi) is 4.97. The monoisotopic (exact) mass is 403 g/mol. The van der Waals surface area contributed by atoms with Gasteiger partial charge in [0.25, 0.3) is 0 Å². The van der Waals surface area contributed by atoms with E-state index in [1.165, 1.54) is 5.39 Å². The molecule has 0 aliphatic carbocycles. The number of carboxylic acids is 1. The van der Waals surface area contributed by atoms with Gasteiger partial charge in [-0.2, -0.15) is 0 Å². The third kappa shape index (κ3) is 3.46. The lowest BCUT2D eigenvalue weighted by Crippen LogP contribution is -2.40. The highest BCUT2D eigenvalue weighted by Gasteiger charge is 2.50. The number of aliphatic carboxylic acids is 1. The van der Waals surface area contributed by atoms with Crippen molar-refractivity contribution in [3.63, 3.8) is 0 Å². The topological polar surface area (TPSA) is 75.5 Å². The highest BCUT2D eigenvalue weighted by molar-refractivity contribution is 5.94. The standard InChI is InChI=1S/C24H25N3O3/c28-23(29)21-15-27(16-24(21)8-10-30-11-9-24)14-17-12-25-22(26-13-17)20-7-3-5-18-4-1-2-6-19(18)20/h1-7,12-13,21H,8-11,14-16H2,(H,28,29). The lowest BCUT2D eigenvalue weighted by atomic mass is 9.72. The molecule has 1 spiro atoms. The van der Waals surface area contributed by atoms with Crippen molar-refractivity contribution in [1.82, 2.24) is 14.9 Å². The summed E-state index contributed by atoms with van der Waals surface area (Å²) in [5, 5.41) is 12.1. The zero-order valence-electron chi connectivity index (χ0n) is 16.8. The Morgan fingerprint density at radius 2 is 1.83 bits per heavy atom. The van der Waals surface area contributed by atoms with Crippen molar-refractivity contribution in [2.45, 2.75) is 19.4 Å². The predicted octanol–water partition coefficient (Wildman–Crippen LogP) is 3.61. The first kappa shape index (κ1) is 19.2. The number of hydrogen-bond acceptors (Lipinski definition) is 5. The van der Waals surface area contributed by atoms with E-state index in [1.807, 2.05) is 36.7 Å². The number of hydrogen-bond donors (Lipinski definition) is 1. The van der Waals surface area contributed by atoms with Crippen molar-refractivity contribution in [3.8, 4) is 11.4 Å². The van der Waals surface area contributed by atoms with Gasteiger partial charge in [-0.25, -0.2) is 9.97 Å². The molecule has 1 N–H and O–H groups in total. The van der Waals surface area contributed by atoms with Crippen LogP contribution in [0.4, 0.5) is 0 Å². The van der Waals surface area contributed by atoms with Crippen LogP contribution in [-0.4, -0.2) is 52.2 Å². The van der Waals surface area contributed by atoms with Gasteiger partial charge in [-0.15, -0.1) is 0 Å². The van der Waals surface area contributed by atoms with Gasteiger partial charge < -0.3 is 9.84 Å². The van der Waals surface area contributed by atoms with Gasteiger partial charge >= 0.3 is 5.97 Å². The molecular formula is C24H25N3O3. The minimum absolute atomic E-state index is 0.173. The van der Waals surface area contributed by atoms with E-state index in [9.17, 15) is 9.90 Å². The quantitative estimate of drug-likeness (QED) is 0.717. The van der Waals surface area contributed by atoms with E-state index >= 15 is 0 Å². The molecule has 2 fully saturated rings. The highest BCUT2D eigenvalue weighted by atomic mass is 16.5. The molecular weight excluding hydrogens is 378 g/mol. The first-order chi connectivity index (χ1) is 14.6. The van der Waals surface area contributed by atoms with Gasteiger partial charge in [0.2, 0.25) is 0 Å². The zero-order chi connectivity index (χ0) is 20.6. The Labute approximate surface area is 175 Å². The van der Waals surface area contributed by atoms with Crippen LogP contribution >= 0.6 is 0 Å². The van der Waals surface area contributed by atoms with Gasteiger partial charge in [0.15, 0.2) is 5.82 Å². The van der Waals surface area contributed by atoms with Gasteiger partial charge in [0, 0.05) is 61.8 Å². The van der Waals surface area contributed by atoms with Crippen LogP contribution in [0, 0.1) is 11.3 Å². The number of aromatic nitrogens is 2. The Morgan fingerprint density at radius 3 is 2.60 bits per heavy atom. The number of benzene rings is 2. The molecule has 2 saturated heterocycles.